The van der Waals surface area contributed by atoms with E-state index in [4.69, 9.17) is 9.47 Å². The fraction of sp³-hybridized carbons (Fsp3) is 0.235. The molecule has 21 heavy (non-hydrogen) atoms. The normalized spacial score (nSPS) is 14.3. The molecule has 2 aromatic carbocycles. The highest BCUT2D eigenvalue weighted by Gasteiger charge is 2.16. The summed E-state index contributed by atoms with van der Waals surface area (Å²) in [5, 5.41) is 2.98. The molecular formula is C17H17NO3. The number of amides is 1. The Hall–Kier alpha value is -2.49. The molecule has 0 bridgehead atoms. The molecule has 0 unspecified atom stereocenters. The fourth-order valence-corrected chi connectivity index (χ4v) is 2.29. The van der Waals surface area contributed by atoms with Crippen LogP contribution in [0.5, 0.6) is 11.5 Å². The van der Waals surface area contributed by atoms with Gasteiger partial charge in [0.15, 0.2) is 11.5 Å². The Morgan fingerprint density at radius 1 is 1.05 bits per heavy atom. The first-order chi connectivity index (χ1) is 10.2. The van der Waals surface area contributed by atoms with Crippen LogP contribution < -0.4 is 14.8 Å². The zero-order valence-electron chi connectivity index (χ0n) is 11.8. The molecule has 0 radical (unpaired) electrons. The molecule has 2 aromatic rings. The van der Waals surface area contributed by atoms with Gasteiger partial charge in [-0.1, -0.05) is 30.3 Å². The number of ether oxygens (including phenoxy) is 2. The number of carbonyl (C=O) groups is 1. The molecule has 0 saturated carbocycles. The van der Waals surface area contributed by atoms with Crippen LogP contribution in [0.1, 0.15) is 28.9 Å². The van der Waals surface area contributed by atoms with Crippen LogP contribution in [-0.2, 0) is 0 Å². The smallest absolute Gasteiger partial charge is 0.251 e. The van der Waals surface area contributed by atoms with Gasteiger partial charge in [-0.15, -0.1) is 0 Å². The van der Waals surface area contributed by atoms with Crippen molar-refractivity contribution in [2.24, 2.45) is 0 Å². The SMILES string of the molecule is C[C@H](NC(=O)c1ccc2c(c1)OCCO2)c1ccccc1. The lowest BCUT2D eigenvalue weighted by Crippen LogP contribution is -2.26. The average molecular weight is 283 g/mol. The van der Waals surface area contributed by atoms with Crippen LogP contribution in [0.15, 0.2) is 48.5 Å². The number of carbonyl (C=O) groups excluding carboxylic acids is 1. The van der Waals surface area contributed by atoms with Crippen molar-refractivity contribution in [3.05, 3.63) is 59.7 Å². The third kappa shape index (κ3) is 2.99. The van der Waals surface area contributed by atoms with Gasteiger partial charge < -0.3 is 14.8 Å². The third-order valence-electron chi connectivity index (χ3n) is 3.45. The van der Waals surface area contributed by atoms with E-state index in [0.717, 1.165) is 5.56 Å². The van der Waals surface area contributed by atoms with Gasteiger partial charge in [-0.25, -0.2) is 0 Å². The standard InChI is InChI=1S/C17H17NO3/c1-12(13-5-3-2-4-6-13)18-17(19)14-7-8-15-16(11-14)21-10-9-20-15/h2-8,11-12H,9-10H2,1H3,(H,18,19)/t12-/m0/s1. The Morgan fingerprint density at radius 3 is 2.52 bits per heavy atom. The van der Waals surface area contributed by atoms with E-state index in [-0.39, 0.29) is 11.9 Å². The predicted octanol–water partition coefficient (Wildman–Crippen LogP) is 2.95. The average Bonchev–Trinajstić information content (AvgIpc) is 2.55. The molecule has 1 N–H and O–H groups in total. The minimum Gasteiger partial charge on any atom is -0.486 e. The van der Waals surface area contributed by atoms with Crippen LogP contribution in [0.25, 0.3) is 0 Å². The van der Waals surface area contributed by atoms with Gasteiger partial charge >= 0.3 is 0 Å². The second-order valence-electron chi connectivity index (χ2n) is 4.96. The summed E-state index contributed by atoms with van der Waals surface area (Å²) in [6.07, 6.45) is 0. The fourth-order valence-electron chi connectivity index (χ4n) is 2.29. The summed E-state index contributed by atoms with van der Waals surface area (Å²) in [6.45, 7) is 3.02. The van der Waals surface area contributed by atoms with Crippen molar-refractivity contribution < 1.29 is 14.3 Å². The molecule has 1 amide bonds. The number of rotatable bonds is 3. The number of hydrogen-bond donors (Lipinski definition) is 1. The lowest BCUT2D eigenvalue weighted by molar-refractivity contribution is 0.0938. The van der Waals surface area contributed by atoms with Gasteiger partial charge in [0.25, 0.3) is 5.91 Å². The second-order valence-corrected chi connectivity index (χ2v) is 4.96. The summed E-state index contributed by atoms with van der Waals surface area (Å²) in [7, 11) is 0. The van der Waals surface area contributed by atoms with E-state index in [0.29, 0.717) is 30.3 Å². The van der Waals surface area contributed by atoms with E-state index in [1.807, 2.05) is 37.3 Å². The number of nitrogens with one attached hydrogen (secondary N) is 1. The van der Waals surface area contributed by atoms with Crippen molar-refractivity contribution in [2.45, 2.75) is 13.0 Å². The van der Waals surface area contributed by atoms with E-state index >= 15 is 0 Å². The van der Waals surface area contributed by atoms with Gasteiger partial charge in [0.05, 0.1) is 6.04 Å². The molecule has 108 valence electrons. The van der Waals surface area contributed by atoms with E-state index in [9.17, 15) is 4.79 Å². The first-order valence-electron chi connectivity index (χ1n) is 6.99. The molecule has 0 spiro atoms. The highest BCUT2D eigenvalue weighted by Crippen LogP contribution is 2.30. The lowest BCUT2D eigenvalue weighted by atomic mass is 10.1. The molecule has 4 nitrogen and oxygen atoms in total. The number of benzene rings is 2. The van der Waals surface area contributed by atoms with Crippen molar-refractivity contribution in [2.75, 3.05) is 13.2 Å². The zero-order valence-corrected chi connectivity index (χ0v) is 11.8. The topological polar surface area (TPSA) is 47.6 Å². The molecule has 0 fully saturated rings. The molecule has 1 aliphatic rings. The molecule has 1 heterocycles. The van der Waals surface area contributed by atoms with Gasteiger partial charge in [-0.3, -0.25) is 4.79 Å². The summed E-state index contributed by atoms with van der Waals surface area (Å²) in [5.41, 5.74) is 1.64. The van der Waals surface area contributed by atoms with Crippen molar-refractivity contribution in [1.29, 1.82) is 0 Å². The van der Waals surface area contributed by atoms with Crippen LogP contribution >= 0.6 is 0 Å². The Labute approximate surface area is 123 Å². The van der Waals surface area contributed by atoms with Crippen LogP contribution in [0, 0.1) is 0 Å². The van der Waals surface area contributed by atoms with E-state index < -0.39 is 0 Å². The highest BCUT2D eigenvalue weighted by atomic mass is 16.6. The van der Waals surface area contributed by atoms with Gasteiger partial charge in [0, 0.05) is 5.56 Å². The molecule has 1 aliphatic heterocycles. The summed E-state index contributed by atoms with van der Waals surface area (Å²) in [6, 6.07) is 15.1. The zero-order chi connectivity index (χ0) is 14.7. The first-order valence-corrected chi connectivity index (χ1v) is 6.99. The summed E-state index contributed by atoms with van der Waals surface area (Å²) in [5.74, 6) is 1.19. The Bertz CT molecular complexity index is 640. The summed E-state index contributed by atoms with van der Waals surface area (Å²) < 4.78 is 11.0. The van der Waals surface area contributed by atoms with Crippen molar-refractivity contribution >= 4 is 5.91 Å². The highest BCUT2D eigenvalue weighted by molar-refractivity contribution is 5.95. The van der Waals surface area contributed by atoms with Gasteiger partial charge in [-0.05, 0) is 30.7 Å². The third-order valence-corrected chi connectivity index (χ3v) is 3.45. The first kappa shape index (κ1) is 13.5. The predicted molar refractivity (Wildman–Crippen MR) is 79.8 cm³/mol. The van der Waals surface area contributed by atoms with Crippen molar-refractivity contribution in [3.8, 4) is 11.5 Å². The molecule has 1 atom stereocenters. The van der Waals surface area contributed by atoms with E-state index in [1.54, 1.807) is 18.2 Å². The summed E-state index contributed by atoms with van der Waals surface area (Å²) >= 11 is 0. The van der Waals surface area contributed by atoms with Crippen molar-refractivity contribution in [3.63, 3.8) is 0 Å². The van der Waals surface area contributed by atoms with E-state index in [2.05, 4.69) is 5.32 Å². The molecule has 3 rings (SSSR count). The largest absolute Gasteiger partial charge is 0.486 e. The minimum atomic E-state index is -0.122. The maximum atomic E-state index is 12.3. The monoisotopic (exact) mass is 283 g/mol. The Balaban J connectivity index is 1.73. The molecule has 0 aliphatic carbocycles. The second kappa shape index (κ2) is 5.87. The molecule has 4 heteroatoms. The number of hydrogen-bond acceptors (Lipinski definition) is 3. The Morgan fingerprint density at radius 2 is 1.76 bits per heavy atom. The molecule has 0 aromatic heterocycles. The van der Waals surface area contributed by atoms with Gasteiger partial charge in [0.2, 0.25) is 0 Å². The van der Waals surface area contributed by atoms with Crippen LogP contribution in [0.2, 0.25) is 0 Å². The maximum absolute atomic E-state index is 12.3. The van der Waals surface area contributed by atoms with Gasteiger partial charge in [-0.2, -0.15) is 0 Å². The van der Waals surface area contributed by atoms with Crippen molar-refractivity contribution in [1.82, 2.24) is 5.32 Å². The van der Waals surface area contributed by atoms with Crippen LogP contribution in [0.4, 0.5) is 0 Å². The Kier molecular flexibility index (Phi) is 3.77. The lowest BCUT2D eigenvalue weighted by Gasteiger charge is -2.19. The minimum absolute atomic E-state index is 0.0492. The van der Waals surface area contributed by atoms with Crippen LogP contribution in [-0.4, -0.2) is 19.1 Å². The van der Waals surface area contributed by atoms with E-state index in [1.165, 1.54) is 0 Å². The quantitative estimate of drug-likeness (QED) is 0.942. The number of fused-ring (bicyclic) bond motifs is 1. The molecular weight excluding hydrogens is 266 g/mol. The maximum Gasteiger partial charge on any atom is 0.251 e. The summed E-state index contributed by atoms with van der Waals surface area (Å²) in [4.78, 5) is 12.3. The van der Waals surface area contributed by atoms with Crippen LogP contribution in [0.3, 0.4) is 0 Å². The molecule has 0 saturated heterocycles. The van der Waals surface area contributed by atoms with Gasteiger partial charge in [0.1, 0.15) is 13.2 Å².